The van der Waals surface area contributed by atoms with Crippen molar-refractivity contribution in [1.29, 1.82) is 0 Å². The van der Waals surface area contributed by atoms with Crippen molar-refractivity contribution < 1.29 is 0 Å². The van der Waals surface area contributed by atoms with Crippen molar-refractivity contribution in [1.82, 2.24) is 4.90 Å². The molecule has 0 amide bonds. The van der Waals surface area contributed by atoms with Crippen LogP contribution in [0, 0.1) is 11.3 Å². The zero-order chi connectivity index (χ0) is 10.9. The molecular weight excluding hydrogens is 182 g/mol. The van der Waals surface area contributed by atoms with Crippen molar-refractivity contribution in [2.45, 2.75) is 65.3 Å². The molecule has 1 saturated carbocycles. The van der Waals surface area contributed by atoms with Crippen LogP contribution in [0.2, 0.25) is 0 Å². The summed E-state index contributed by atoms with van der Waals surface area (Å²) >= 11 is 0. The van der Waals surface area contributed by atoms with Crippen LogP contribution in [-0.2, 0) is 0 Å². The highest BCUT2D eigenvalue weighted by Gasteiger charge is 2.34. The normalized spacial score (nSPS) is 26.6. The van der Waals surface area contributed by atoms with Gasteiger partial charge in [-0.2, -0.15) is 0 Å². The molecule has 0 aromatic heterocycles. The average molecular weight is 209 g/mol. The summed E-state index contributed by atoms with van der Waals surface area (Å²) in [5.74, 6) is 0.993. The number of rotatable bonds is 2. The molecule has 1 heterocycles. The molecule has 0 N–H and O–H groups in total. The van der Waals surface area contributed by atoms with E-state index in [0.717, 1.165) is 12.0 Å². The molecule has 0 aromatic carbocycles. The molecule has 1 aliphatic heterocycles. The molecule has 1 nitrogen and oxygen atoms in total. The summed E-state index contributed by atoms with van der Waals surface area (Å²) in [6.07, 6.45) is 8.80. The summed E-state index contributed by atoms with van der Waals surface area (Å²) in [6, 6.07) is 0.954. The van der Waals surface area contributed by atoms with Crippen molar-refractivity contribution in [2.75, 3.05) is 13.1 Å². The van der Waals surface area contributed by atoms with Gasteiger partial charge in [0.15, 0.2) is 0 Å². The van der Waals surface area contributed by atoms with Gasteiger partial charge in [-0.05, 0) is 30.6 Å². The van der Waals surface area contributed by atoms with Gasteiger partial charge in [-0.1, -0.05) is 40.0 Å². The van der Waals surface area contributed by atoms with E-state index in [1.165, 1.54) is 51.6 Å². The Morgan fingerprint density at radius 2 is 1.60 bits per heavy atom. The maximum absolute atomic E-state index is 2.75. The summed E-state index contributed by atoms with van der Waals surface area (Å²) in [5, 5.41) is 0. The predicted molar refractivity (Wildman–Crippen MR) is 66.0 cm³/mol. The lowest BCUT2D eigenvalue weighted by atomic mass is 9.79. The SMILES string of the molecule is CC(C)(C)CC1CN(C2CCCCC2)C1. The zero-order valence-corrected chi connectivity index (χ0v) is 10.8. The third kappa shape index (κ3) is 3.21. The molecule has 2 fully saturated rings. The van der Waals surface area contributed by atoms with Crippen molar-refractivity contribution in [3.63, 3.8) is 0 Å². The molecule has 1 aliphatic carbocycles. The van der Waals surface area contributed by atoms with Crippen LogP contribution in [0.5, 0.6) is 0 Å². The minimum Gasteiger partial charge on any atom is -0.300 e. The van der Waals surface area contributed by atoms with Crippen LogP contribution in [0.4, 0.5) is 0 Å². The van der Waals surface area contributed by atoms with Crippen LogP contribution in [-0.4, -0.2) is 24.0 Å². The fraction of sp³-hybridized carbons (Fsp3) is 1.00. The first-order chi connectivity index (χ1) is 7.04. The summed E-state index contributed by atoms with van der Waals surface area (Å²) in [7, 11) is 0. The van der Waals surface area contributed by atoms with Gasteiger partial charge < -0.3 is 0 Å². The first-order valence-electron chi connectivity index (χ1n) is 6.79. The fourth-order valence-electron chi connectivity index (χ4n) is 3.35. The summed E-state index contributed by atoms with van der Waals surface area (Å²) in [5.41, 5.74) is 0.531. The third-order valence-corrected chi connectivity index (χ3v) is 3.98. The van der Waals surface area contributed by atoms with E-state index in [0.29, 0.717) is 5.41 Å². The first kappa shape index (κ1) is 11.4. The monoisotopic (exact) mass is 209 g/mol. The van der Waals surface area contributed by atoms with Crippen molar-refractivity contribution in [3.8, 4) is 0 Å². The number of hydrogen-bond acceptors (Lipinski definition) is 1. The molecule has 0 unspecified atom stereocenters. The number of likely N-dealkylation sites (tertiary alicyclic amines) is 1. The van der Waals surface area contributed by atoms with Crippen LogP contribution in [0.15, 0.2) is 0 Å². The number of nitrogens with zero attached hydrogens (tertiary/aromatic N) is 1. The topological polar surface area (TPSA) is 3.24 Å². The lowest BCUT2D eigenvalue weighted by Crippen LogP contribution is -2.53. The summed E-state index contributed by atoms with van der Waals surface area (Å²) in [6.45, 7) is 9.90. The van der Waals surface area contributed by atoms with E-state index in [1.807, 2.05) is 0 Å². The molecule has 2 rings (SSSR count). The molecule has 1 saturated heterocycles. The van der Waals surface area contributed by atoms with E-state index in [9.17, 15) is 0 Å². The molecule has 0 aromatic rings. The van der Waals surface area contributed by atoms with Gasteiger partial charge in [-0.25, -0.2) is 0 Å². The Morgan fingerprint density at radius 3 is 2.13 bits per heavy atom. The molecule has 1 heteroatoms. The minimum atomic E-state index is 0.531. The van der Waals surface area contributed by atoms with Gasteiger partial charge in [-0.15, -0.1) is 0 Å². The van der Waals surface area contributed by atoms with Gasteiger partial charge >= 0.3 is 0 Å². The molecular formula is C14H27N. The summed E-state index contributed by atoms with van der Waals surface area (Å²) in [4.78, 5) is 2.75. The Bertz CT molecular complexity index is 192. The fourth-order valence-corrected chi connectivity index (χ4v) is 3.35. The smallest absolute Gasteiger partial charge is 0.00955 e. The first-order valence-corrected chi connectivity index (χ1v) is 6.79. The Kier molecular flexibility index (Phi) is 3.39. The van der Waals surface area contributed by atoms with Gasteiger partial charge in [0.2, 0.25) is 0 Å². The van der Waals surface area contributed by atoms with E-state index in [2.05, 4.69) is 25.7 Å². The molecule has 0 bridgehead atoms. The lowest BCUT2D eigenvalue weighted by Gasteiger charge is -2.47. The van der Waals surface area contributed by atoms with Gasteiger partial charge in [0.05, 0.1) is 0 Å². The second-order valence-corrected chi connectivity index (χ2v) is 6.88. The Morgan fingerprint density at radius 1 is 1.00 bits per heavy atom. The Labute approximate surface area is 95.2 Å². The highest BCUT2D eigenvalue weighted by Crippen LogP contribution is 2.34. The standard InChI is InChI=1S/C14H27N/c1-14(2,3)9-12-10-15(11-12)13-7-5-4-6-8-13/h12-13H,4-11H2,1-3H3. The van der Waals surface area contributed by atoms with Gasteiger partial charge in [0.1, 0.15) is 0 Å². The Balaban J connectivity index is 1.68. The van der Waals surface area contributed by atoms with E-state index >= 15 is 0 Å². The average Bonchev–Trinajstić information content (AvgIpc) is 2.11. The van der Waals surface area contributed by atoms with E-state index < -0.39 is 0 Å². The maximum Gasteiger partial charge on any atom is 0.00955 e. The van der Waals surface area contributed by atoms with Crippen LogP contribution >= 0.6 is 0 Å². The van der Waals surface area contributed by atoms with E-state index in [-0.39, 0.29) is 0 Å². The predicted octanol–water partition coefficient (Wildman–Crippen LogP) is 3.69. The van der Waals surface area contributed by atoms with Crippen molar-refractivity contribution in [3.05, 3.63) is 0 Å². The van der Waals surface area contributed by atoms with Gasteiger partial charge in [-0.3, -0.25) is 4.90 Å². The van der Waals surface area contributed by atoms with Crippen molar-refractivity contribution in [2.24, 2.45) is 11.3 Å². The quantitative estimate of drug-likeness (QED) is 0.670. The maximum atomic E-state index is 2.75. The Hall–Kier alpha value is -0.0400. The number of hydrogen-bond donors (Lipinski definition) is 0. The molecule has 88 valence electrons. The van der Waals surface area contributed by atoms with E-state index in [1.54, 1.807) is 0 Å². The van der Waals surface area contributed by atoms with E-state index in [4.69, 9.17) is 0 Å². The van der Waals surface area contributed by atoms with Crippen molar-refractivity contribution >= 4 is 0 Å². The largest absolute Gasteiger partial charge is 0.300 e. The zero-order valence-electron chi connectivity index (χ0n) is 10.8. The molecule has 0 spiro atoms. The second-order valence-electron chi connectivity index (χ2n) is 6.88. The highest BCUT2D eigenvalue weighted by molar-refractivity contribution is 4.88. The van der Waals surface area contributed by atoms with Crippen LogP contribution < -0.4 is 0 Å². The molecule has 2 aliphatic rings. The minimum absolute atomic E-state index is 0.531. The van der Waals surface area contributed by atoms with Crippen LogP contribution in [0.3, 0.4) is 0 Å². The van der Waals surface area contributed by atoms with Crippen LogP contribution in [0.25, 0.3) is 0 Å². The lowest BCUT2D eigenvalue weighted by molar-refractivity contribution is 0.0164. The second kappa shape index (κ2) is 4.45. The van der Waals surface area contributed by atoms with Crippen LogP contribution in [0.1, 0.15) is 59.3 Å². The molecule has 0 atom stereocenters. The molecule has 15 heavy (non-hydrogen) atoms. The molecule has 0 radical (unpaired) electrons. The van der Waals surface area contributed by atoms with Gasteiger partial charge in [0.25, 0.3) is 0 Å². The van der Waals surface area contributed by atoms with Gasteiger partial charge in [0, 0.05) is 19.1 Å². The summed E-state index contributed by atoms with van der Waals surface area (Å²) < 4.78 is 0. The highest BCUT2D eigenvalue weighted by atomic mass is 15.2. The third-order valence-electron chi connectivity index (χ3n) is 3.98.